The van der Waals surface area contributed by atoms with Crippen molar-refractivity contribution in [3.8, 4) is 11.5 Å². The van der Waals surface area contributed by atoms with E-state index in [0.29, 0.717) is 22.3 Å². The molecule has 0 spiro atoms. The molecule has 142 valence electrons. The van der Waals surface area contributed by atoms with Gasteiger partial charge in [-0.2, -0.15) is 0 Å². The van der Waals surface area contributed by atoms with E-state index in [1.54, 1.807) is 19.1 Å². The molecule has 9 heteroatoms. The zero-order valence-corrected chi connectivity index (χ0v) is 16.1. The Kier molecular flexibility index (Phi) is 5.21. The first-order chi connectivity index (χ1) is 12.8. The van der Waals surface area contributed by atoms with Gasteiger partial charge in [-0.15, -0.1) is 11.3 Å². The van der Waals surface area contributed by atoms with Gasteiger partial charge in [0, 0.05) is 12.3 Å². The Morgan fingerprint density at radius 2 is 2.00 bits per heavy atom. The van der Waals surface area contributed by atoms with Crippen molar-refractivity contribution < 1.29 is 27.8 Å². The molecule has 1 aromatic carbocycles. The van der Waals surface area contributed by atoms with Gasteiger partial charge in [-0.3, -0.25) is 14.2 Å². The summed E-state index contributed by atoms with van der Waals surface area (Å²) in [6.07, 6.45) is -2.66. The normalized spacial score (nSPS) is 11.2. The van der Waals surface area contributed by atoms with E-state index in [1.165, 1.54) is 24.0 Å². The van der Waals surface area contributed by atoms with Crippen LogP contribution in [0.5, 0.6) is 11.5 Å². The molecule has 0 unspecified atom stereocenters. The predicted octanol–water partition coefficient (Wildman–Crippen LogP) is 5.22. The lowest BCUT2D eigenvalue weighted by molar-refractivity contribution is -0.131. The highest BCUT2D eigenvalue weighted by Crippen LogP contribution is 2.42. The second-order valence-electron chi connectivity index (χ2n) is 5.66. The molecule has 0 atom stereocenters. The van der Waals surface area contributed by atoms with Crippen LogP contribution in [0.3, 0.4) is 0 Å². The van der Waals surface area contributed by atoms with Crippen molar-refractivity contribution in [1.82, 2.24) is 4.57 Å². The van der Waals surface area contributed by atoms with Crippen molar-refractivity contribution in [2.24, 2.45) is 0 Å². The Morgan fingerprint density at radius 3 is 2.56 bits per heavy atom. The fourth-order valence-corrected chi connectivity index (χ4v) is 3.86. The van der Waals surface area contributed by atoms with Gasteiger partial charge >= 0.3 is 5.97 Å². The summed E-state index contributed by atoms with van der Waals surface area (Å²) in [5, 5.41) is 1.88. The summed E-state index contributed by atoms with van der Waals surface area (Å²) < 4.78 is 37.5. The van der Waals surface area contributed by atoms with Crippen LogP contribution in [0.25, 0.3) is 10.9 Å². The molecule has 0 amide bonds. The predicted molar refractivity (Wildman–Crippen MR) is 98.6 cm³/mol. The number of benzene rings is 1. The van der Waals surface area contributed by atoms with E-state index < -0.39 is 18.3 Å². The van der Waals surface area contributed by atoms with Crippen molar-refractivity contribution in [2.75, 3.05) is 7.11 Å². The minimum atomic E-state index is -2.66. The number of hydrogen-bond donors (Lipinski definition) is 0. The van der Waals surface area contributed by atoms with Gasteiger partial charge in [0.1, 0.15) is 5.75 Å². The maximum absolute atomic E-state index is 13.0. The van der Waals surface area contributed by atoms with Crippen molar-refractivity contribution in [2.45, 2.75) is 20.3 Å². The highest BCUT2D eigenvalue weighted by atomic mass is 35.5. The smallest absolute Gasteiger partial charge is 0.308 e. The third-order valence-electron chi connectivity index (χ3n) is 3.97. The van der Waals surface area contributed by atoms with Gasteiger partial charge in [-0.05, 0) is 25.1 Å². The minimum absolute atomic E-state index is 0.108. The van der Waals surface area contributed by atoms with Crippen LogP contribution < -0.4 is 9.47 Å². The molecule has 0 fully saturated rings. The van der Waals surface area contributed by atoms with Crippen LogP contribution in [0.1, 0.15) is 34.3 Å². The van der Waals surface area contributed by atoms with Crippen LogP contribution in [-0.2, 0) is 4.79 Å². The first kappa shape index (κ1) is 19.3. The summed E-state index contributed by atoms with van der Waals surface area (Å²) >= 11 is 7.18. The molecule has 27 heavy (non-hydrogen) atoms. The number of nitrogens with zero attached hydrogens (tertiary/aromatic N) is 1. The Morgan fingerprint density at radius 1 is 1.30 bits per heavy atom. The molecule has 2 heterocycles. The first-order valence-electron chi connectivity index (χ1n) is 7.73. The molecule has 3 aromatic rings. The standard InChI is InChI=1S/C18H14ClF2NO4S/c1-8-16(26-9(2)23)14-11(4-5-12(25-3)15(14)19)22(8)18(24)10-6-13(17(20)21)27-7-10/h4-7,17H,1-3H3. The molecule has 2 aromatic heterocycles. The fourth-order valence-electron chi connectivity index (χ4n) is 2.81. The molecule has 0 radical (unpaired) electrons. The van der Waals surface area contributed by atoms with Crippen molar-refractivity contribution in [3.05, 3.63) is 44.7 Å². The van der Waals surface area contributed by atoms with Gasteiger partial charge in [0.05, 0.1) is 39.2 Å². The van der Waals surface area contributed by atoms with Crippen LogP contribution in [-0.4, -0.2) is 23.6 Å². The molecule has 3 rings (SSSR count). The lowest BCUT2D eigenvalue weighted by Gasteiger charge is -2.07. The maximum Gasteiger partial charge on any atom is 0.308 e. The molecule has 0 bridgehead atoms. The third kappa shape index (κ3) is 3.30. The van der Waals surface area contributed by atoms with E-state index in [2.05, 4.69) is 0 Å². The molecule has 0 aliphatic heterocycles. The Hall–Kier alpha value is -2.45. The Balaban J connectivity index is 2.26. The quantitative estimate of drug-likeness (QED) is 0.550. The lowest BCUT2D eigenvalue weighted by Crippen LogP contribution is -2.13. The van der Waals surface area contributed by atoms with E-state index in [-0.39, 0.29) is 21.2 Å². The van der Waals surface area contributed by atoms with Crippen LogP contribution in [0, 0.1) is 6.92 Å². The van der Waals surface area contributed by atoms with E-state index in [1.807, 2.05) is 0 Å². The monoisotopic (exact) mass is 413 g/mol. The molecule has 0 saturated heterocycles. The number of hydrogen-bond acceptors (Lipinski definition) is 5. The first-order valence-corrected chi connectivity index (χ1v) is 8.99. The van der Waals surface area contributed by atoms with Crippen LogP contribution >= 0.6 is 22.9 Å². The molecule has 0 aliphatic carbocycles. The van der Waals surface area contributed by atoms with Gasteiger partial charge in [0.2, 0.25) is 0 Å². The van der Waals surface area contributed by atoms with E-state index in [4.69, 9.17) is 21.1 Å². The van der Waals surface area contributed by atoms with Gasteiger partial charge in [0.15, 0.2) is 5.75 Å². The van der Waals surface area contributed by atoms with E-state index in [0.717, 1.165) is 17.4 Å². The summed E-state index contributed by atoms with van der Waals surface area (Å²) in [6.45, 7) is 2.81. The topological polar surface area (TPSA) is 57.5 Å². The number of carbonyl (C=O) groups excluding carboxylic acids is 2. The number of alkyl halides is 2. The number of fused-ring (bicyclic) bond motifs is 1. The van der Waals surface area contributed by atoms with Gasteiger partial charge in [-0.25, -0.2) is 8.78 Å². The highest BCUT2D eigenvalue weighted by Gasteiger charge is 2.26. The third-order valence-corrected chi connectivity index (χ3v) is 5.28. The number of halogens is 3. The fraction of sp³-hybridized carbons (Fsp3) is 0.222. The maximum atomic E-state index is 13.0. The van der Waals surface area contributed by atoms with Gasteiger partial charge in [-0.1, -0.05) is 11.6 Å². The van der Waals surface area contributed by atoms with Gasteiger partial charge in [0.25, 0.3) is 12.3 Å². The molecular formula is C18H14ClF2NO4S. The number of methoxy groups -OCH3 is 1. The van der Waals surface area contributed by atoms with Crippen molar-refractivity contribution >= 4 is 45.7 Å². The zero-order valence-electron chi connectivity index (χ0n) is 14.5. The number of aromatic nitrogens is 1. The van der Waals surface area contributed by atoms with Crippen LogP contribution in [0.2, 0.25) is 5.02 Å². The molecule has 0 aliphatic rings. The summed E-state index contributed by atoms with van der Waals surface area (Å²) in [7, 11) is 1.44. The van der Waals surface area contributed by atoms with Crippen LogP contribution in [0.4, 0.5) is 8.78 Å². The Labute approximate surface area is 162 Å². The molecular weight excluding hydrogens is 400 g/mol. The van der Waals surface area contributed by atoms with Crippen LogP contribution in [0.15, 0.2) is 23.6 Å². The molecule has 0 saturated carbocycles. The second kappa shape index (κ2) is 7.28. The summed E-state index contributed by atoms with van der Waals surface area (Å²) in [5.41, 5.74) is 0.811. The minimum Gasteiger partial charge on any atom is -0.495 e. The summed E-state index contributed by atoms with van der Waals surface area (Å²) in [6, 6.07) is 4.32. The number of ether oxygens (including phenoxy) is 2. The van der Waals surface area contributed by atoms with Crippen molar-refractivity contribution in [1.29, 1.82) is 0 Å². The molecule has 5 nitrogen and oxygen atoms in total. The summed E-state index contributed by atoms with van der Waals surface area (Å²) in [5.74, 6) is -0.643. The average molecular weight is 414 g/mol. The van der Waals surface area contributed by atoms with Gasteiger partial charge < -0.3 is 9.47 Å². The SMILES string of the molecule is COc1ccc2c(c1Cl)c(OC(C)=O)c(C)n2C(=O)c1csc(C(F)F)c1. The Bertz CT molecular complexity index is 1060. The zero-order chi connectivity index (χ0) is 19.9. The lowest BCUT2D eigenvalue weighted by atomic mass is 10.2. The van der Waals surface area contributed by atoms with E-state index >= 15 is 0 Å². The second-order valence-corrected chi connectivity index (χ2v) is 6.98. The van der Waals surface area contributed by atoms with Crippen molar-refractivity contribution in [3.63, 3.8) is 0 Å². The molecule has 0 N–H and O–H groups in total. The number of carbonyl (C=O) groups is 2. The number of esters is 1. The highest BCUT2D eigenvalue weighted by molar-refractivity contribution is 7.10. The van der Waals surface area contributed by atoms with E-state index in [9.17, 15) is 18.4 Å². The largest absolute Gasteiger partial charge is 0.495 e. The summed E-state index contributed by atoms with van der Waals surface area (Å²) in [4.78, 5) is 24.3. The number of thiophene rings is 1. The average Bonchev–Trinajstić information content (AvgIpc) is 3.19. The number of rotatable bonds is 4.